The molecule has 0 heterocycles. The highest BCUT2D eigenvalue weighted by molar-refractivity contribution is 4.76. The summed E-state index contributed by atoms with van der Waals surface area (Å²) in [5, 5.41) is 16.7. The Labute approximate surface area is 43.1 Å². The third kappa shape index (κ3) is 3.49. The molecule has 0 aliphatic heterocycles. The maximum absolute atomic E-state index is 8.58. The van der Waals surface area contributed by atoms with Gasteiger partial charge in [-0.1, -0.05) is 6.08 Å². The molecule has 0 bridgehead atoms. The van der Waals surface area contributed by atoms with Gasteiger partial charge in [0, 0.05) is 6.61 Å². The highest BCUT2D eigenvalue weighted by Gasteiger charge is 1.91. The minimum absolute atomic E-state index is 0.0210. The lowest BCUT2D eigenvalue weighted by atomic mass is 10.3. The Morgan fingerprint density at radius 3 is 2.43 bits per heavy atom. The van der Waals surface area contributed by atoms with E-state index in [1.54, 1.807) is 0 Å². The van der Waals surface area contributed by atoms with Crippen molar-refractivity contribution in [3.05, 3.63) is 12.7 Å². The smallest absolute Gasteiger partial charge is 0.0740 e. The van der Waals surface area contributed by atoms with Gasteiger partial charge in [0.1, 0.15) is 0 Å². The molecule has 42 valence electrons. The summed E-state index contributed by atoms with van der Waals surface area (Å²) in [5.41, 5.74) is 0. The lowest BCUT2D eigenvalue weighted by molar-refractivity contribution is 0.170. The van der Waals surface area contributed by atoms with E-state index in [-0.39, 0.29) is 6.61 Å². The van der Waals surface area contributed by atoms with E-state index in [9.17, 15) is 0 Å². The maximum atomic E-state index is 8.58. The van der Waals surface area contributed by atoms with Gasteiger partial charge in [-0.15, -0.1) is 6.58 Å². The molecule has 0 aliphatic carbocycles. The largest absolute Gasteiger partial charge is 0.396 e. The quantitative estimate of drug-likeness (QED) is 0.489. The predicted octanol–water partition coefficient (Wildman–Crippen LogP) is -0.0843. The third-order valence-corrected chi connectivity index (χ3v) is 0.697. The summed E-state index contributed by atoms with van der Waals surface area (Å²) in [4.78, 5) is 0. The Kier molecular flexibility index (Phi) is 3.65. The highest BCUT2D eigenvalue weighted by atomic mass is 16.3. The van der Waals surface area contributed by atoms with Crippen LogP contribution >= 0.6 is 0 Å². The fourth-order valence-corrected chi connectivity index (χ4v) is 0.250. The number of hydrogen-bond acceptors (Lipinski definition) is 2. The van der Waals surface area contributed by atoms with Crippen LogP contribution < -0.4 is 0 Å². The van der Waals surface area contributed by atoms with Crippen LogP contribution in [0.1, 0.15) is 6.42 Å². The number of hydrogen-bond donors (Lipinski definition) is 2. The second-order valence-corrected chi connectivity index (χ2v) is 1.32. The molecule has 0 aromatic carbocycles. The van der Waals surface area contributed by atoms with Crippen LogP contribution in [0, 0.1) is 0 Å². The number of rotatable bonds is 3. The first-order chi connectivity index (χ1) is 3.31. The first-order valence-electron chi connectivity index (χ1n) is 2.22. The van der Waals surface area contributed by atoms with Crippen LogP contribution in [0.15, 0.2) is 12.7 Å². The van der Waals surface area contributed by atoms with Gasteiger partial charge in [0.15, 0.2) is 0 Å². The first kappa shape index (κ1) is 6.66. The van der Waals surface area contributed by atoms with Crippen LogP contribution in [0.25, 0.3) is 0 Å². The van der Waals surface area contributed by atoms with Gasteiger partial charge in [-0.05, 0) is 6.42 Å². The van der Waals surface area contributed by atoms with Crippen LogP contribution in [-0.4, -0.2) is 22.9 Å². The molecule has 2 heteroatoms. The molecule has 0 aromatic heterocycles. The normalized spacial score (nSPS) is 13.4. The van der Waals surface area contributed by atoms with Crippen molar-refractivity contribution in [2.45, 2.75) is 12.5 Å². The Balaban J connectivity index is 2.98. The van der Waals surface area contributed by atoms with Crippen molar-refractivity contribution in [2.75, 3.05) is 6.61 Å². The zero-order chi connectivity index (χ0) is 5.70. The van der Waals surface area contributed by atoms with E-state index in [1.807, 2.05) is 0 Å². The van der Waals surface area contributed by atoms with Crippen LogP contribution in [0.2, 0.25) is 0 Å². The van der Waals surface area contributed by atoms with Crippen molar-refractivity contribution in [3.63, 3.8) is 0 Å². The topological polar surface area (TPSA) is 40.5 Å². The van der Waals surface area contributed by atoms with E-state index < -0.39 is 6.10 Å². The second-order valence-electron chi connectivity index (χ2n) is 1.32. The molecule has 1 atom stereocenters. The van der Waals surface area contributed by atoms with Gasteiger partial charge in [0.25, 0.3) is 0 Å². The summed E-state index contributed by atoms with van der Waals surface area (Å²) in [6, 6.07) is 0. The Hall–Kier alpha value is -0.340. The first-order valence-corrected chi connectivity index (χ1v) is 2.22. The molecular weight excluding hydrogens is 92.1 g/mol. The lowest BCUT2D eigenvalue weighted by Crippen LogP contribution is -2.02. The molecule has 7 heavy (non-hydrogen) atoms. The predicted molar refractivity (Wildman–Crippen MR) is 27.9 cm³/mol. The molecule has 0 aliphatic rings. The van der Waals surface area contributed by atoms with Gasteiger partial charge < -0.3 is 10.2 Å². The average Bonchev–Trinajstić information content (AvgIpc) is 1.68. The van der Waals surface area contributed by atoms with Gasteiger partial charge in [0.05, 0.1) is 6.10 Å². The minimum Gasteiger partial charge on any atom is -0.396 e. The summed E-state index contributed by atoms with van der Waals surface area (Å²) in [6.07, 6.45) is 1.25. The van der Waals surface area contributed by atoms with E-state index in [0.717, 1.165) is 0 Å². The van der Waals surface area contributed by atoms with Crippen molar-refractivity contribution in [3.8, 4) is 0 Å². The second kappa shape index (κ2) is 3.84. The summed E-state index contributed by atoms with van der Waals surface area (Å²) >= 11 is 0. The molecule has 2 nitrogen and oxygen atoms in total. The molecule has 0 rings (SSSR count). The molecule has 0 fully saturated rings. The molecular formula is C5H10O2. The van der Waals surface area contributed by atoms with Crippen LogP contribution in [0.4, 0.5) is 0 Å². The molecule has 0 saturated carbocycles. The van der Waals surface area contributed by atoms with E-state index in [4.69, 9.17) is 10.2 Å². The SMILES string of the molecule is C=C[C@@H](O)CCO. The van der Waals surface area contributed by atoms with Crippen molar-refractivity contribution < 1.29 is 10.2 Å². The minimum atomic E-state index is -0.537. The Morgan fingerprint density at radius 1 is 1.71 bits per heavy atom. The fraction of sp³-hybridized carbons (Fsp3) is 0.600. The van der Waals surface area contributed by atoms with Crippen LogP contribution in [0.3, 0.4) is 0 Å². The molecule has 0 unspecified atom stereocenters. The van der Waals surface area contributed by atoms with Crippen molar-refractivity contribution in [2.24, 2.45) is 0 Å². The van der Waals surface area contributed by atoms with Crippen LogP contribution in [-0.2, 0) is 0 Å². The molecule has 0 aromatic rings. The van der Waals surface area contributed by atoms with Gasteiger partial charge in [-0.25, -0.2) is 0 Å². The lowest BCUT2D eigenvalue weighted by Gasteiger charge is -1.97. The molecule has 0 radical (unpaired) electrons. The van der Waals surface area contributed by atoms with Crippen LogP contribution in [0.5, 0.6) is 0 Å². The van der Waals surface area contributed by atoms with Gasteiger partial charge in [-0.3, -0.25) is 0 Å². The number of aliphatic hydroxyl groups excluding tert-OH is 2. The fourth-order valence-electron chi connectivity index (χ4n) is 0.250. The van der Waals surface area contributed by atoms with E-state index >= 15 is 0 Å². The Bertz CT molecular complexity index is 52.0. The molecule has 0 amide bonds. The summed E-state index contributed by atoms with van der Waals surface area (Å²) in [7, 11) is 0. The van der Waals surface area contributed by atoms with Crippen molar-refractivity contribution in [1.82, 2.24) is 0 Å². The third-order valence-electron chi connectivity index (χ3n) is 0.697. The van der Waals surface area contributed by atoms with E-state index in [1.165, 1.54) is 6.08 Å². The Morgan fingerprint density at radius 2 is 2.29 bits per heavy atom. The zero-order valence-electron chi connectivity index (χ0n) is 4.17. The van der Waals surface area contributed by atoms with Gasteiger partial charge in [-0.2, -0.15) is 0 Å². The summed E-state index contributed by atoms with van der Waals surface area (Å²) < 4.78 is 0. The van der Waals surface area contributed by atoms with E-state index in [2.05, 4.69) is 6.58 Å². The summed E-state index contributed by atoms with van der Waals surface area (Å²) in [5.74, 6) is 0. The summed E-state index contributed by atoms with van der Waals surface area (Å²) in [6.45, 7) is 3.34. The molecule has 0 spiro atoms. The van der Waals surface area contributed by atoms with E-state index in [0.29, 0.717) is 6.42 Å². The zero-order valence-corrected chi connectivity index (χ0v) is 4.17. The van der Waals surface area contributed by atoms with Crippen molar-refractivity contribution >= 4 is 0 Å². The monoisotopic (exact) mass is 102 g/mol. The average molecular weight is 102 g/mol. The molecule has 2 N–H and O–H groups in total. The molecule has 0 saturated heterocycles. The number of aliphatic hydroxyl groups is 2. The maximum Gasteiger partial charge on any atom is 0.0740 e. The van der Waals surface area contributed by atoms with Gasteiger partial charge in [0.2, 0.25) is 0 Å². The standard InChI is InChI=1S/C5H10O2/c1-2-5(7)3-4-6/h2,5-7H,1,3-4H2/t5-/m1/s1. The highest BCUT2D eigenvalue weighted by Crippen LogP contribution is 1.87. The van der Waals surface area contributed by atoms with Crippen molar-refractivity contribution in [1.29, 1.82) is 0 Å². The van der Waals surface area contributed by atoms with Gasteiger partial charge >= 0.3 is 0 Å².